The summed E-state index contributed by atoms with van der Waals surface area (Å²) in [6.07, 6.45) is -4.61. The number of carboxylic acid groups (broad SMARTS) is 1. The number of benzene rings is 1. The number of carbonyl (C=O) groups is 1. The number of halogens is 3. The van der Waals surface area contributed by atoms with E-state index in [1.165, 1.54) is 12.1 Å². The van der Waals surface area contributed by atoms with Crippen LogP contribution >= 0.6 is 0 Å². The Bertz CT molecular complexity index is 607. The molecule has 0 radical (unpaired) electrons. The van der Waals surface area contributed by atoms with Crippen molar-refractivity contribution in [3.63, 3.8) is 0 Å². The summed E-state index contributed by atoms with van der Waals surface area (Å²) in [5.41, 5.74) is -1.14. The van der Waals surface area contributed by atoms with Crippen molar-refractivity contribution < 1.29 is 23.1 Å². The van der Waals surface area contributed by atoms with E-state index in [1.807, 2.05) is 0 Å². The van der Waals surface area contributed by atoms with Gasteiger partial charge in [0.2, 0.25) is 0 Å². The third kappa shape index (κ3) is 2.94. The zero-order chi connectivity index (χ0) is 15.8. The number of alkyl halides is 3. The molecule has 21 heavy (non-hydrogen) atoms. The van der Waals surface area contributed by atoms with Gasteiger partial charge in [0.1, 0.15) is 0 Å². The van der Waals surface area contributed by atoms with E-state index in [9.17, 15) is 18.0 Å². The van der Waals surface area contributed by atoms with Gasteiger partial charge in [0.05, 0.1) is 23.1 Å². The Labute approximate surface area is 119 Å². The molecule has 112 valence electrons. The third-order valence-electron chi connectivity index (χ3n) is 3.72. The van der Waals surface area contributed by atoms with Crippen molar-refractivity contribution in [2.45, 2.75) is 13.1 Å². The van der Waals surface area contributed by atoms with Crippen LogP contribution in [0.2, 0.25) is 0 Å². The summed E-state index contributed by atoms with van der Waals surface area (Å²) in [5, 5.41) is 17.8. The summed E-state index contributed by atoms with van der Waals surface area (Å²) < 4.78 is 38.8. The molecule has 0 aromatic heterocycles. The molecule has 1 aromatic carbocycles. The molecule has 1 aliphatic heterocycles. The monoisotopic (exact) mass is 298 g/mol. The first-order chi connectivity index (χ1) is 9.74. The second-order valence-corrected chi connectivity index (χ2v) is 5.17. The number of aliphatic carboxylic acids is 1. The number of nitrogens with zero attached hydrogens (tertiary/aromatic N) is 2. The lowest BCUT2D eigenvalue weighted by Crippen LogP contribution is -2.23. The Morgan fingerprint density at radius 2 is 2.10 bits per heavy atom. The molecule has 0 amide bonds. The van der Waals surface area contributed by atoms with Crippen molar-refractivity contribution in [1.82, 2.24) is 0 Å². The van der Waals surface area contributed by atoms with Crippen LogP contribution in [0, 0.1) is 23.2 Å². The van der Waals surface area contributed by atoms with Crippen LogP contribution in [0.1, 0.15) is 18.1 Å². The van der Waals surface area contributed by atoms with Crippen molar-refractivity contribution in [2.75, 3.05) is 18.0 Å². The van der Waals surface area contributed by atoms with Crippen molar-refractivity contribution in [2.24, 2.45) is 11.8 Å². The maximum Gasteiger partial charge on any atom is 0.417 e. The molecular formula is C14H13F3N2O2. The van der Waals surface area contributed by atoms with Crippen LogP contribution in [0.3, 0.4) is 0 Å². The van der Waals surface area contributed by atoms with Gasteiger partial charge in [-0.05, 0) is 24.1 Å². The van der Waals surface area contributed by atoms with Crippen molar-refractivity contribution >= 4 is 11.7 Å². The fraction of sp³-hybridized carbons (Fsp3) is 0.429. The molecule has 1 aliphatic rings. The van der Waals surface area contributed by atoms with Crippen LogP contribution in [-0.4, -0.2) is 24.2 Å². The van der Waals surface area contributed by atoms with Gasteiger partial charge in [0.15, 0.2) is 0 Å². The third-order valence-corrected chi connectivity index (χ3v) is 3.72. The van der Waals surface area contributed by atoms with E-state index in [1.54, 1.807) is 11.8 Å². The highest BCUT2D eigenvalue weighted by Crippen LogP contribution is 2.36. The fourth-order valence-corrected chi connectivity index (χ4v) is 2.56. The minimum atomic E-state index is -4.61. The van der Waals surface area contributed by atoms with Crippen LogP contribution in [0.15, 0.2) is 18.2 Å². The minimum Gasteiger partial charge on any atom is -0.481 e. The van der Waals surface area contributed by atoms with Gasteiger partial charge in [-0.1, -0.05) is 6.92 Å². The fourth-order valence-electron chi connectivity index (χ4n) is 2.56. The maximum absolute atomic E-state index is 12.9. The summed E-state index contributed by atoms with van der Waals surface area (Å²) in [4.78, 5) is 12.7. The van der Waals surface area contributed by atoms with Crippen molar-refractivity contribution in [3.05, 3.63) is 29.3 Å². The Balaban J connectivity index is 2.35. The standard InChI is InChI=1S/C14H13F3N2O2/c1-8-6-19(7-11(8)13(20)21)10-3-2-9(5-18)12(4-10)14(15,16)17/h2-4,8,11H,6-7H2,1H3,(H,20,21)/t8-,11-/m1/s1. The largest absolute Gasteiger partial charge is 0.481 e. The van der Waals surface area contributed by atoms with Crippen LogP contribution in [-0.2, 0) is 11.0 Å². The van der Waals surface area contributed by atoms with E-state index >= 15 is 0 Å². The highest BCUT2D eigenvalue weighted by molar-refractivity contribution is 5.72. The van der Waals surface area contributed by atoms with E-state index in [4.69, 9.17) is 10.4 Å². The second-order valence-electron chi connectivity index (χ2n) is 5.17. The molecule has 2 rings (SSSR count). The van der Waals surface area contributed by atoms with E-state index in [2.05, 4.69) is 0 Å². The average Bonchev–Trinajstić information content (AvgIpc) is 2.79. The normalized spacial score (nSPS) is 22.1. The number of anilines is 1. The molecule has 0 spiro atoms. The molecule has 1 N–H and O–H groups in total. The number of rotatable bonds is 2. The van der Waals surface area contributed by atoms with Gasteiger partial charge in [0, 0.05) is 18.8 Å². The summed E-state index contributed by atoms with van der Waals surface area (Å²) >= 11 is 0. The van der Waals surface area contributed by atoms with E-state index in [0.29, 0.717) is 6.54 Å². The first-order valence-corrected chi connectivity index (χ1v) is 6.33. The molecule has 0 bridgehead atoms. The molecular weight excluding hydrogens is 285 g/mol. The van der Waals surface area contributed by atoms with E-state index in [0.717, 1.165) is 12.1 Å². The summed E-state index contributed by atoms with van der Waals surface area (Å²) in [7, 11) is 0. The summed E-state index contributed by atoms with van der Waals surface area (Å²) in [6, 6.07) is 4.98. The molecule has 0 unspecified atom stereocenters. The van der Waals surface area contributed by atoms with E-state index < -0.39 is 29.2 Å². The van der Waals surface area contributed by atoms with Gasteiger partial charge < -0.3 is 10.0 Å². The number of carboxylic acids is 1. The molecule has 1 aromatic rings. The van der Waals surface area contributed by atoms with Gasteiger partial charge in [-0.25, -0.2) is 0 Å². The maximum atomic E-state index is 12.9. The Morgan fingerprint density at radius 1 is 1.43 bits per heavy atom. The predicted molar refractivity (Wildman–Crippen MR) is 68.7 cm³/mol. The summed E-state index contributed by atoms with van der Waals surface area (Å²) in [6.45, 7) is 2.30. The highest BCUT2D eigenvalue weighted by atomic mass is 19.4. The van der Waals surface area contributed by atoms with Crippen LogP contribution in [0.25, 0.3) is 0 Å². The van der Waals surface area contributed by atoms with Gasteiger partial charge in [-0.15, -0.1) is 0 Å². The molecule has 1 fully saturated rings. The first-order valence-electron chi connectivity index (χ1n) is 6.33. The molecule has 1 heterocycles. The van der Waals surface area contributed by atoms with Gasteiger partial charge in [-0.3, -0.25) is 4.79 Å². The minimum absolute atomic E-state index is 0.146. The average molecular weight is 298 g/mol. The first kappa shape index (κ1) is 15.2. The quantitative estimate of drug-likeness (QED) is 0.911. The van der Waals surface area contributed by atoms with Crippen molar-refractivity contribution in [3.8, 4) is 6.07 Å². The van der Waals surface area contributed by atoms with Gasteiger partial charge in [0.25, 0.3) is 0 Å². The molecule has 4 nitrogen and oxygen atoms in total. The molecule has 7 heteroatoms. The Kier molecular flexibility index (Phi) is 3.81. The van der Waals surface area contributed by atoms with Crippen LogP contribution in [0.5, 0.6) is 0 Å². The number of hydrogen-bond acceptors (Lipinski definition) is 3. The lowest BCUT2D eigenvalue weighted by Gasteiger charge is -2.20. The second kappa shape index (κ2) is 5.28. The number of hydrogen-bond donors (Lipinski definition) is 1. The van der Waals surface area contributed by atoms with Crippen LogP contribution in [0.4, 0.5) is 18.9 Å². The molecule has 0 saturated carbocycles. The lowest BCUT2D eigenvalue weighted by atomic mass is 9.99. The molecule has 2 atom stereocenters. The zero-order valence-electron chi connectivity index (χ0n) is 11.2. The van der Waals surface area contributed by atoms with E-state index in [-0.39, 0.29) is 18.2 Å². The Hall–Kier alpha value is -2.23. The van der Waals surface area contributed by atoms with Crippen LogP contribution < -0.4 is 4.90 Å². The highest BCUT2D eigenvalue weighted by Gasteiger charge is 2.37. The summed E-state index contributed by atoms with van der Waals surface area (Å²) in [5.74, 6) is -1.70. The van der Waals surface area contributed by atoms with Gasteiger partial charge >= 0.3 is 12.1 Å². The topological polar surface area (TPSA) is 64.3 Å². The molecule has 1 saturated heterocycles. The lowest BCUT2D eigenvalue weighted by molar-refractivity contribution is -0.142. The smallest absolute Gasteiger partial charge is 0.417 e. The SMILES string of the molecule is C[C@@H]1CN(c2ccc(C#N)c(C(F)(F)F)c2)C[C@H]1C(=O)O. The predicted octanol–water partition coefficient (Wildman–Crippen LogP) is 2.73. The number of nitriles is 1. The van der Waals surface area contributed by atoms with Crippen molar-refractivity contribution in [1.29, 1.82) is 5.26 Å². The Morgan fingerprint density at radius 3 is 2.57 bits per heavy atom. The molecule has 0 aliphatic carbocycles. The zero-order valence-corrected chi connectivity index (χ0v) is 11.2. The van der Waals surface area contributed by atoms with Gasteiger partial charge in [-0.2, -0.15) is 18.4 Å².